The molecule has 1 aromatic heterocycles. The monoisotopic (exact) mass is 305 g/mol. The number of rotatable bonds is 2. The summed E-state index contributed by atoms with van der Waals surface area (Å²) in [5.41, 5.74) is 7.21. The van der Waals surface area contributed by atoms with Gasteiger partial charge >= 0.3 is 0 Å². The highest BCUT2D eigenvalue weighted by Gasteiger charge is 2.26. The van der Waals surface area contributed by atoms with E-state index in [0.717, 1.165) is 23.1 Å². The average Bonchev–Trinajstić information content (AvgIpc) is 2.85. The fourth-order valence-corrected chi connectivity index (χ4v) is 3.62. The van der Waals surface area contributed by atoms with E-state index in [4.69, 9.17) is 5.73 Å². The lowest BCUT2D eigenvalue weighted by atomic mass is 9.92. The number of anilines is 1. The molecule has 1 atom stereocenters. The molecule has 0 spiro atoms. The van der Waals surface area contributed by atoms with Crippen molar-refractivity contribution in [2.24, 2.45) is 5.92 Å². The van der Waals surface area contributed by atoms with Crippen molar-refractivity contribution in [1.29, 1.82) is 0 Å². The molecule has 112 valence electrons. The van der Waals surface area contributed by atoms with Gasteiger partial charge in [-0.1, -0.05) is 11.3 Å². The molecule has 1 unspecified atom stereocenters. The Morgan fingerprint density at radius 1 is 1.48 bits per heavy atom. The van der Waals surface area contributed by atoms with Crippen molar-refractivity contribution >= 4 is 32.6 Å². The number of carbonyl (C=O) groups is 1. The number of thiazole rings is 1. The lowest BCUT2D eigenvalue weighted by Crippen LogP contribution is -2.40. The van der Waals surface area contributed by atoms with Gasteiger partial charge in [-0.3, -0.25) is 4.79 Å². The quantitative estimate of drug-likeness (QED) is 0.890. The summed E-state index contributed by atoms with van der Waals surface area (Å²) in [6, 6.07) is 5.52. The first-order chi connectivity index (χ1) is 10.0. The van der Waals surface area contributed by atoms with Crippen LogP contribution in [-0.2, 0) is 0 Å². The van der Waals surface area contributed by atoms with E-state index in [-0.39, 0.29) is 12.0 Å². The first kappa shape index (κ1) is 14.3. The predicted octanol–water partition coefficient (Wildman–Crippen LogP) is 2.11. The Morgan fingerprint density at radius 3 is 2.86 bits per heavy atom. The largest absolute Gasteiger partial charge is 0.393 e. The first-order valence-corrected chi connectivity index (χ1v) is 7.99. The molecule has 5 nitrogen and oxygen atoms in total. The van der Waals surface area contributed by atoms with E-state index in [1.54, 1.807) is 0 Å². The van der Waals surface area contributed by atoms with Crippen molar-refractivity contribution in [3.05, 3.63) is 23.8 Å². The molecule has 1 amide bonds. The summed E-state index contributed by atoms with van der Waals surface area (Å²) in [6.45, 7) is 3.23. The van der Waals surface area contributed by atoms with Gasteiger partial charge in [0.05, 0.1) is 16.3 Å². The summed E-state index contributed by atoms with van der Waals surface area (Å²) in [7, 11) is 0. The Kier molecular flexibility index (Phi) is 3.82. The summed E-state index contributed by atoms with van der Waals surface area (Å²) in [6.07, 6.45) is 1.43. The summed E-state index contributed by atoms with van der Waals surface area (Å²) >= 11 is 1.40. The molecular formula is C15H19N3O2S. The fourth-order valence-electron chi connectivity index (χ4n) is 2.84. The Hall–Kier alpha value is -1.66. The molecule has 0 bridgehead atoms. The molecule has 3 N–H and O–H groups in total. The van der Waals surface area contributed by atoms with Gasteiger partial charge in [-0.15, -0.1) is 0 Å². The zero-order valence-corrected chi connectivity index (χ0v) is 12.8. The highest BCUT2D eigenvalue weighted by Crippen LogP contribution is 2.26. The second-order valence-electron chi connectivity index (χ2n) is 5.60. The van der Waals surface area contributed by atoms with Crippen LogP contribution in [0.2, 0.25) is 0 Å². The number of nitrogens with zero attached hydrogens (tertiary/aromatic N) is 2. The third-order valence-corrected chi connectivity index (χ3v) is 5.01. The van der Waals surface area contributed by atoms with Crippen LogP contribution in [-0.4, -0.2) is 40.1 Å². The predicted molar refractivity (Wildman–Crippen MR) is 84.3 cm³/mol. The van der Waals surface area contributed by atoms with E-state index in [1.165, 1.54) is 11.3 Å². The number of piperidine rings is 1. The molecule has 21 heavy (non-hydrogen) atoms. The van der Waals surface area contributed by atoms with Crippen LogP contribution >= 0.6 is 11.3 Å². The molecule has 0 radical (unpaired) electrons. The number of hydrogen-bond acceptors (Lipinski definition) is 5. The minimum absolute atomic E-state index is 0.0490. The zero-order chi connectivity index (χ0) is 15.0. The maximum absolute atomic E-state index is 12.5. The van der Waals surface area contributed by atoms with Crippen molar-refractivity contribution in [2.45, 2.75) is 25.9 Å². The van der Waals surface area contributed by atoms with E-state index in [0.29, 0.717) is 29.7 Å². The first-order valence-electron chi connectivity index (χ1n) is 7.18. The van der Waals surface area contributed by atoms with Gasteiger partial charge < -0.3 is 15.7 Å². The number of benzene rings is 1. The topological polar surface area (TPSA) is 79.5 Å². The van der Waals surface area contributed by atoms with Gasteiger partial charge in [0.2, 0.25) is 0 Å². The number of hydrogen-bond donors (Lipinski definition) is 2. The van der Waals surface area contributed by atoms with Gasteiger partial charge in [-0.2, -0.15) is 0 Å². The number of carbonyl (C=O) groups excluding carboxylic acids is 1. The number of aliphatic hydroxyl groups is 1. The Labute approximate surface area is 127 Å². The summed E-state index contributed by atoms with van der Waals surface area (Å²) in [4.78, 5) is 18.6. The van der Waals surface area contributed by atoms with E-state index in [2.05, 4.69) is 4.98 Å². The van der Waals surface area contributed by atoms with Crippen LogP contribution in [0.15, 0.2) is 18.2 Å². The second-order valence-corrected chi connectivity index (χ2v) is 6.67. The van der Waals surface area contributed by atoms with Gasteiger partial charge in [-0.05, 0) is 43.9 Å². The molecular weight excluding hydrogens is 286 g/mol. The number of fused-ring (bicyclic) bond motifs is 1. The number of aliphatic hydroxyl groups excluding tert-OH is 1. The van der Waals surface area contributed by atoms with E-state index >= 15 is 0 Å². The van der Waals surface area contributed by atoms with Gasteiger partial charge in [0.1, 0.15) is 0 Å². The third-order valence-electron chi connectivity index (χ3n) is 4.16. The van der Waals surface area contributed by atoms with Crippen molar-refractivity contribution in [3.8, 4) is 0 Å². The SMILES string of the molecule is CC(O)C1CCN(C(=O)c2ccc3nc(N)sc3c2)CC1. The molecule has 3 rings (SSSR count). The third kappa shape index (κ3) is 2.87. The molecule has 1 aliphatic heterocycles. The fraction of sp³-hybridized carbons (Fsp3) is 0.467. The molecule has 0 saturated carbocycles. The van der Waals surface area contributed by atoms with Crippen LogP contribution in [0.1, 0.15) is 30.1 Å². The Bertz CT molecular complexity index is 660. The number of aromatic nitrogens is 1. The van der Waals surface area contributed by atoms with E-state index in [9.17, 15) is 9.90 Å². The highest BCUT2D eigenvalue weighted by atomic mass is 32.1. The molecule has 6 heteroatoms. The number of nitrogen functional groups attached to an aromatic ring is 1. The molecule has 2 heterocycles. The summed E-state index contributed by atoms with van der Waals surface area (Å²) < 4.78 is 0.942. The van der Waals surface area contributed by atoms with Crippen molar-refractivity contribution < 1.29 is 9.90 Å². The average molecular weight is 305 g/mol. The molecule has 1 saturated heterocycles. The molecule has 1 aliphatic rings. The van der Waals surface area contributed by atoms with Crippen molar-refractivity contribution in [2.75, 3.05) is 18.8 Å². The highest BCUT2D eigenvalue weighted by molar-refractivity contribution is 7.22. The molecule has 1 aromatic carbocycles. The van der Waals surface area contributed by atoms with Gasteiger partial charge in [0, 0.05) is 18.7 Å². The number of likely N-dealkylation sites (tertiary alicyclic amines) is 1. The Morgan fingerprint density at radius 2 is 2.19 bits per heavy atom. The summed E-state index contributed by atoms with van der Waals surface area (Å²) in [5.74, 6) is 0.353. The van der Waals surface area contributed by atoms with Gasteiger partial charge in [0.15, 0.2) is 5.13 Å². The standard InChI is InChI=1S/C15H19N3O2S/c1-9(19)10-4-6-18(7-5-10)14(20)11-2-3-12-13(8-11)21-15(16)17-12/h2-3,8-10,19H,4-7H2,1H3,(H2,16,17). The molecule has 0 aliphatic carbocycles. The van der Waals surface area contributed by atoms with Crippen molar-refractivity contribution in [1.82, 2.24) is 9.88 Å². The van der Waals surface area contributed by atoms with Crippen LogP contribution in [0, 0.1) is 5.92 Å². The second kappa shape index (κ2) is 5.61. The van der Waals surface area contributed by atoms with Crippen LogP contribution in [0.25, 0.3) is 10.2 Å². The zero-order valence-electron chi connectivity index (χ0n) is 12.0. The molecule has 2 aromatic rings. The van der Waals surface area contributed by atoms with Crippen LogP contribution < -0.4 is 5.73 Å². The van der Waals surface area contributed by atoms with Crippen LogP contribution in [0.4, 0.5) is 5.13 Å². The molecule has 1 fully saturated rings. The lowest BCUT2D eigenvalue weighted by Gasteiger charge is -2.33. The number of amides is 1. The summed E-state index contributed by atoms with van der Waals surface area (Å²) in [5, 5.41) is 10.1. The van der Waals surface area contributed by atoms with Gasteiger partial charge in [0.25, 0.3) is 5.91 Å². The normalized spacial score (nSPS) is 18.1. The maximum Gasteiger partial charge on any atom is 0.253 e. The smallest absolute Gasteiger partial charge is 0.253 e. The Balaban J connectivity index is 1.75. The van der Waals surface area contributed by atoms with E-state index < -0.39 is 0 Å². The number of nitrogens with two attached hydrogens (primary N) is 1. The minimum atomic E-state index is -0.293. The van der Waals surface area contributed by atoms with Crippen LogP contribution in [0.5, 0.6) is 0 Å². The van der Waals surface area contributed by atoms with Crippen molar-refractivity contribution in [3.63, 3.8) is 0 Å². The van der Waals surface area contributed by atoms with Crippen LogP contribution in [0.3, 0.4) is 0 Å². The van der Waals surface area contributed by atoms with E-state index in [1.807, 2.05) is 30.0 Å². The minimum Gasteiger partial charge on any atom is -0.393 e. The maximum atomic E-state index is 12.5. The van der Waals surface area contributed by atoms with Gasteiger partial charge in [-0.25, -0.2) is 4.98 Å². The lowest BCUT2D eigenvalue weighted by molar-refractivity contribution is 0.0521.